The number of amides is 1. The molecule has 1 aromatic rings. The van der Waals surface area contributed by atoms with E-state index >= 15 is 0 Å². The summed E-state index contributed by atoms with van der Waals surface area (Å²) in [5.41, 5.74) is 7.04. The molecule has 1 aliphatic rings. The van der Waals surface area contributed by atoms with Crippen LogP contribution in [0.15, 0.2) is 24.3 Å². The topological polar surface area (TPSA) is 92.4 Å². The van der Waals surface area contributed by atoms with Gasteiger partial charge in [-0.25, -0.2) is 0 Å². The van der Waals surface area contributed by atoms with Crippen LogP contribution in [-0.4, -0.2) is 29.6 Å². The molecule has 1 fully saturated rings. The normalized spacial score (nSPS) is 21.6. The third kappa shape index (κ3) is 3.17. The molecule has 0 spiro atoms. The lowest BCUT2D eigenvalue weighted by molar-refractivity contribution is -0.142. The highest BCUT2D eigenvalue weighted by Crippen LogP contribution is 2.26. The number of nitrogens with one attached hydrogen (secondary N) is 1. The minimum absolute atomic E-state index is 0.202. The van der Waals surface area contributed by atoms with Gasteiger partial charge < -0.3 is 16.2 Å². The van der Waals surface area contributed by atoms with E-state index in [4.69, 9.17) is 10.8 Å². The molecular weight excluding hydrogens is 256 g/mol. The summed E-state index contributed by atoms with van der Waals surface area (Å²) in [5, 5.41) is 12.0. The van der Waals surface area contributed by atoms with E-state index in [1.54, 1.807) is 12.1 Å². The van der Waals surface area contributed by atoms with Gasteiger partial charge in [0.2, 0.25) is 0 Å². The van der Waals surface area contributed by atoms with Crippen molar-refractivity contribution in [1.29, 1.82) is 0 Å². The molecule has 5 heteroatoms. The summed E-state index contributed by atoms with van der Waals surface area (Å²) in [5.74, 6) is -1.50. The number of benzene rings is 1. The van der Waals surface area contributed by atoms with Gasteiger partial charge in [-0.15, -0.1) is 0 Å². The quantitative estimate of drug-likeness (QED) is 0.752. The second-order valence-electron chi connectivity index (χ2n) is 5.15. The Morgan fingerprint density at radius 3 is 2.75 bits per heavy atom. The van der Waals surface area contributed by atoms with E-state index in [2.05, 4.69) is 5.32 Å². The molecule has 5 nitrogen and oxygen atoms in total. The van der Waals surface area contributed by atoms with Gasteiger partial charge in [0.25, 0.3) is 5.91 Å². The van der Waals surface area contributed by atoms with Crippen molar-refractivity contribution in [2.24, 2.45) is 11.7 Å². The van der Waals surface area contributed by atoms with Crippen molar-refractivity contribution >= 4 is 11.9 Å². The lowest BCUT2D eigenvalue weighted by atomic mass is 10.0. The van der Waals surface area contributed by atoms with Crippen LogP contribution < -0.4 is 11.1 Å². The second kappa shape index (κ2) is 6.52. The van der Waals surface area contributed by atoms with E-state index in [1.807, 2.05) is 12.1 Å². The summed E-state index contributed by atoms with van der Waals surface area (Å²) in [4.78, 5) is 23.5. The number of hydrogen-bond acceptors (Lipinski definition) is 3. The highest BCUT2D eigenvalue weighted by Gasteiger charge is 2.34. The highest BCUT2D eigenvalue weighted by molar-refractivity contribution is 5.96. The van der Waals surface area contributed by atoms with E-state index in [0.717, 1.165) is 18.4 Å². The molecule has 1 saturated carbocycles. The summed E-state index contributed by atoms with van der Waals surface area (Å²) < 4.78 is 0. The van der Waals surface area contributed by atoms with Gasteiger partial charge in [0.15, 0.2) is 0 Å². The molecule has 0 bridgehead atoms. The Morgan fingerprint density at radius 1 is 1.30 bits per heavy atom. The molecule has 0 heterocycles. The smallest absolute Gasteiger partial charge is 0.308 e. The maximum atomic E-state index is 12.3. The van der Waals surface area contributed by atoms with E-state index in [1.165, 1.54) is 0 Å². The fourth-order valence-corrected chi connectivity index (χ4v) is 2.79. The van der Waals surface area contributed by atoms with Crippen LogP contribution in [0.5, 0.6) is 0 Å². The van der Waals surface area contributed by atoms with Gasteiger partial charge in [0.05, 0.1) is 5.92 Å². The number of carboxylic acids is 1. The molecule has 4 N–H and O–H groups in total. The molecule has 2 atom stereocenters. The molecule has 1 amide bonds. The first-order valence-corrected chi connectivity index (χ1v) is 6.95. The predicted octanol–water partition coefficient (Wildman–Crippen LogP) is 1.17. The van der Waals surface area contributed by atoms with E-state index in [0.29, 0.717) is 24.9 Å². The summed E-state index contributed by atoms with van der Waals surface area (Å²) in [6.07, 6.45) is 2.83. The Morgan fingerprint density at radius 2 is 2.05 bits per heavy atom. The maximum absolute atomic E-state index is 12.3. The Balaban J connectivity index is 2.10. The molecule has 2 rings (SSSR count). The fourth-order valence-electron chi connectivity index (χ4n) is 2.79. The summed E-state index contributed by atoms with van der Waals surface area (Å²) in [6, 6.07) is 7.04. The van der Waals surface area contributed by atoms with Crippen molar-refractivity contribution in [3.05, 3.63) is 35.4 Å². The minimum Gasteiger partial charge on any atom is -0.481 e. The largest absolute Gasteiger partial charge is 0.481 e. The number of rotatable bonds is 5. The Labute approximate surface area is 118 Å². The van der Waals surface area contributed by atoms with Crippen molar-refractivity contribution in [2.75, 3.05) is 6.54 Å². The molecule has 0 radical (unpaired) electrons. The maximum Gasteiger partial charge on any atom is 0.308 e. The van der Waals surface area contributed by atoms with Crippen molar-refractivity contribution in [3.63, 3.8) is 0 Å². The number of carbonyl (C=O) groups is 2. The van der Waals surface area contributed by atoms with Crippen LogP contribution in [0, 0.1) is 5.92 Å². The van der Waals surface area contributed by atoms with Gasteiger partial charge in [0.1, 0.15) is 0 Å². The molecule has 1 aliphatic carbocycles. The molecule has 108 valence electrons. The van der Waals surface area contributed by atoms with Crippen molar-refractivity contribution in [2.45, 2.75) is 31.7 Å². The van der Waals surface area contributed by atoms with Crippen molar-refractivity contribution in [3.8, 4) is 0 Å². The van der Waals surface area contributed by atoms with Gasteiger partial charge in [-0.05, 0) is 37.4 Å². The number of carboxylic acid groups (broad SMARTS) is 1. The van der Waals surface area contributed by atoms with Crippen LogP contribution in [0.2, 0.25) is 0 Å². The van der Waals surface area contributed by atoms with Gasteiger partial charge >= 0.3 is 5.97 Å². The fraction of sp³-hybridized carbons (Fsp3) is 0.467. The molecule has 0 saturated heterocycles. The first kappa shape index (κ1) is 14.5. The predicted molar refractivity (Wildman–Crippen MR) is 75.4 cm³/mol. The van der Waals surface area contributed by atoms with Crippen LogP contribution in [0.25, 0.3) is 0 Å². The molecule has 0 aliphatic heterocycles. The van der Waals surface area contributed by atoms with Crippen LogP contribution in [0.1, 0.15) is 35.2 Å². The number of carbonyl (C=O) groups excluding carboxylic acids is 1. The number of aliphatic carboxylic acids is 1. The van der Waals surface area contributed by atoms with E-state index in [9.17, 15) is 9.59 Å². The SMILES string of the molecule is NCCc1ccccc1C(=O)NC1CCCC1C(=O)O. The van der Waals surface area contributed by atoms with Crippen LogP contribution in [0.4, 0.5) is 0 Å². The van der Waals surface area contributed by atoms with Crippen LogP contribution in [0.3, 0.4) is 0 Å². The zero-order valence-corrected chi connectivity index (χ0v) is 11.3. The second-order valence-corrected chi connectivity index (χ2v) is 5.15. The minimum atomic E-state index is -0.831. The third-order valence-corrected chi connectivity index (χ3v) is 3.83. The molecule has 1 aromatic carbocycles. The number of hydrogen-bond donors (Lipinski definition) is 3. The zero-order valence-electron chi connectivity index (χ0n) is 11.3. The number of nitrogens with two attached hydrogens (primary N) is 1. The summed E-state index contributed by atoms with van der Waals surface area (Å²) >= 11 is 0. The molecule has 2 unspecified atom stereocenters. The monoisotopic (exact) mass is 276 g/mol. The average Bonchev–Trinajstić information content (AvgIpc) is 2.88. The van der Waals surface area contributed by atoms with Gasteiger partial charge in [-0.1, -0.05) is 24.6 Å². The highest BCUT2D eigenvalue weighted by atomic mass is 16.4. The van der Waals surface area contributed by atoms with Crippen molar-refractivity contribution < 1.29 is 14.7 Å². The van der Waals surface area contributed by atoms with E-state index in [-0.39, 0.29) is 11.9 Å². The molecule has 20 heavy (non-hydrogen) atoms. The first-order valence-electron chi connectivity index (χ1n) is 6.95. The third-order valence-electron chi connectivity index (χ3n) is 3.83. The van der Waals surface area contributed by atoms with Gasteiger partial charge in [0, 0.05) is 11.6 Å². The Kier molecular flexibility index (Phi) is 4.74. The first-order chi connectivity index (χ1) is 9.63. The lowest BCUT2D eigenvalue weighted by Crippen LogP contribution is -2.40. The van der Waals surface area contributed by atoms with Crippen molar-refractivity contribution in [1.82, 2.24) is 5.32 Å². The zero-order chi connectivity index (χ0) is 14.5. The summed E-state index contributed by atoms with van der Waals surface area (Å²) in [7, 11) is 0. The van der Waals surface area contributed by atoms with Gasteiger partial charge in [-0.2, -0.15) is 0 Å². The molecular formula is C15H20N2O3. The van der Waals surface area contributed by atoms with Crippen LogP contribution in [-0.2, 0) is 11.2 Å². The lowest BCUT2D eigenvalue weighted by Gasteiger charge is -2.18. The average molecular weight is 276 g/mol. The standard InChI is InChI=1S/C15H20N2O3/c16-9-8-10-4-1-2-5-11(10)14(18)17-13-7-3-6-12(13)15(19)20/h1-2,4-5,12-13H,3,6-9,16H2,(H,17,18)(H,19,20). The Bertz CT molecular complexity index is 502. The van der Waals surface area contributed by atoms with Gasteiger partial charge in [-0.3, -0.25) is 9.59 Å². The van der Waals surface area contributed by atoms with E-state index < -0.39 is 11.9 Å². The Hall–Kier alpha value is -1.88. The molecule has 0 aromatic heterocycles. The summed E-state index contributed by atoms with van der Waals surface area (Å²) in [6.45, 7) is 0.478. The van der Waals surface area contributed by atoms with Crippen LogP contribution >= 0.6 is 0 Å².